The van der Waals surface area contributed by atoms with Crippen LogP contribution in [0.5, 0.6) is 0 Å². The van der Waals surface area contributed by atoms with Crippen molar-refractivity contribution in [2.75, 3.05) is 5.32 Å². The Labute approximate surface area is 123 Å². The van der Waals surface area contributed by atoms with Crippen LogP contribution in [0.25, 0.3) is 21.9 Å². The van der Waals surface area contributed by atoms with Crippen LogP contribution in [0.15, 0.2) is 24.3 Å². The average Bonchev–Trinajstić information content (AvgIpc) is 2.82. The highest BCUT2D eigenvalue weighted by molar-refractivity contribution is 6.02. The number of rotatable bonds is 3. The molecule has 1 N–H and O–H groups in total. The summed E-state index contributed by atoms with van der Waals surface area (Å²) in [7, 11) is 0. The summed E-state index contributed by atoms with van der Waals surface area (Å²) in [5, 5.41) is 9.27. The number of benzene rings is 1. The minimum Gasteiger partial charge on any atom is -0.309 e. The van der Waals surface area contributed by atoms with Gasteiger partial charge < -0.3 is 5.32 Å². The molecule has 0 saturated heterocycles. The van der Waals surface area contributed by atoms with Crippen LogP contribution >= 0.6 is 0 Å². The third kappa shape index (κ3) is 2.35. The molecule has 21 heavy (non-hydrogen) atoms. The molecule has 0 fully saturated rings. The smallest absolute Gasteiger partial charge is 0.225 e. The number of carbonyl (C=O) groups is 1. The van der Waals surface area contributed by atoms with Crippen LogP contribution in [-0.2, 0) is 11.3 Å². The van der Waals surface area contributed by atoms with E-state index in [1.807, 2.05) is 30.7 Å². The van der Waals surface area contributed by atoms with E-state index in [0.29, 0.717) is 18.8 Å². The van der Waals surface area contributed by atoms with E-state index in [9.17, 15) is 4.79 Å². The zero-order chi connectivity index (χ0) is 15.0. The molecule has 5 nitrogen and oxygen atoms in total. The predicted octanol–water partition coefficient (Wildman–Crippen LogP) is 3.26. The molecule has 0 aliphatic rings. The molecule has 0 radical (unpaired) electrons. The molecule has 3 rings (SSSR count). The molecule has 1 aromatic carbocycles. The highest BCUT2D eigenvalue weighted by Gasteiger charge is 2.14. The molecular weight excluding hydrogens is 264 g/mol. The van der Waals surface area contributed by atoms with Crippen molar-refractivity contribution in [2.45, 2.75) is 33.7 Å². The van der Waals surface area contributed by atoms with Crippen molar-refractivity contribution in [3.63, 3.8) is 0 Å². The van der Waals surface area contributed by atoms with Gasteiger partial charge in [-0.1, -0.05) is 18.6 Å². The molecule has 0 unspecified atom stereocenters. The quantitative estimate of drug-likeness (QED) is 0.802. The maximum atomic E-state index is 11.7. The van der Waals surface area contributed by atoms with Crippen LogP contribution in [0.2, 0.25) is 0 Å². The first-order valence-corrected chi connectivity index (χ1v) is 7.20. The highest BCUT2D eigenvalue weighted by Crippen LogP contribution is 2.26. The van der Waals surface area contributed by atoms with E-state index >= 15 is 0 Å². The van der Waals surface area contributed by atoms with E-state index in [-0.39, 0.29) is 5.91 Å². The first-order valence-electron chi connectivity index (χ1n) is 7.20. The number of fused-ring (bicyclic) bond motifs is 2. The van der Waals surface area contributed by atoms with Gasteiger partial charge in [-0.2, -0.15) is 5.10 Å². The molecule has 2 aromatic heterocycles. The molecule has 0 bridgehead atoms. The zero-order valence-corrected chi connectivity index (χ0v) is 12.5. The van der Waals surface area contributed by atoms with E-state index in [1.54, 1.807) is 0 Å². The van der Waals surface area contributed by atoms with Gasteiger partial charge in [0.2, 0.25) is 5.91 Å². The highest BCUT2D eigenvalue weighted by atomic mass is 16.1. The number of aryl methyl sites for hydroxylation is 2. The second-order valence-electron chi connectivity index (χ2n) is 5.12. The molecule has 0 atom stereocenters. The van der Waals surface area contributed by atoms with Crippen molar-refractivity contribution in [1.29, 1.82) is 0 Å². The molecule has 5 heteroatoms. The Hall–Kier alpha value is -2.43. The summed E-state index contributed by atoms with van der Waals surface area (Å²) in [4.78, 5) is 16.4. The summed E-state index contributed by atoms with van der Waals surface area (Å²) in [6, 6.07) is 8.21. The molecule has 0 saturated carbocycles. The predicted molar refractivity (Wildman–Crippen MR) is 84.4 cm³/mol. The van der Waals surface area contributed by atoms with Gasteiger partial charge in [0, 0.05) is 18.4 Å². The van der Waals surface area contributed by atoms with E-state index in [2.05, 4.69) is 29.5 Å². The Morgan fingerprint density at radius 2 is 2.10 bits per heavy atom. The van der Waals surface area contributed by atoms with Crippen molar-refractivity contribution >= 4 is 33.7 Å². The van der Waals surface area contributed by atoms with E-state index in [1.165, 1.54) is 5.56 Å². The number of nitrogens with zero attached hydrogens (tertiary/aromatic N) is 3. The Morgan fingerprint density at radius 1 is 1.29 bits per heavy atom. The third-order valence-corrected chi connectivity index (χ3v) is 3.55. The third-order valence-electron chi connectivity index (χ3n) is 3.55. The minimum atomic E-state index is -0.0398. The van der Waals surface area contributed by atoms with Gasteiger partial charge in [0.15, 0.2) is 11.5 Å². The number of nitrogens with one attached hydrogen (secondary N) is 1. The molecule has 2 heterocycles. The Morgan fingerprint density at radius 3 is 2.81 bits per heavy atom. The molecule has 3 aromatic rings. The number of carbonyl (C=O) groups excluding carboxylic acids is 1. The van der Waals surface area contributed by atoms with Gasteiger partial charge in [-0.25, -0.2) is 9.67 Å². The lowest BCUT2D eigenvalue weighted by molar-refractivity contribution is -0.115. The summed E-state index contributed by atoms with van der Waals surface area (Å²) < 4.78 is 1.82. The van der Waals surface area contributed by atoms with Crippen LogP contribution in [0.1, 0.15) is 25.8 Å². The largest absolute Gasteiger partial charge is 0.309 e. The molecule has 0 aliphatic carbocycles. The van der Waals surface area contributed by atoms with Crippen molar-refractivity contribution < 1.29 is 4.79 Å². The topological polar surface area (TPSA) is 59.8 Å². The number of anilines is 1. The number of amides is 1. The van der Waals surface area contributed by atoms with Gasteiger partial charge in [-0.3, -0.25) is 4.79 Å². The first-order chi connectivity index (χ1) is 10.1. The van der Waals surface area contributed by atoms with Crippen LogP contribution in [0.3, 0.4) is 0 Å². The maximum Gasteiger partial charge on any atom is 0.225 e. The monoisotopic (exact) mass is 282 g/mol. The average molecular weight is 282 g/mol. The Balaban J connectivity index is 2.26. The van der Waals surface area contributed by atoms with Crippen LogP contribution in [0.4, 0.5) is 5.82 Å². The zero-order valence-electron chi connectivity index (χ0n) is 12.5. The van der Waals surface area contributed by atoms with Crippen LogP contribution in [0, 0.1) is 6.92 Å². The number of aromatic nitrogens is 3. The SMILES string of the molecule is CCC(=O)Nc1nn(CC)c2nc3ccc(C)cc3cc12. The van der Waals surface area contributed by atoms with Crippen molar-refractivity contribution in [1.82, 2.24) is 14.8 Å². The van der Waals surface area contributed by atoms with Gasteiger partial charge in [0.05, 0.1) is 10.9 Å². The number of hydrogen-bond acceptors (Lipinski definition) is 3. The molecule has 1 amide bonds. The Kier molecular flexibility index (Phi) is 3.33. The fourth-order valence-corrected chi connectivity index (χ4v) is 2.41. The first kappa shape index (κ1) is 13.5. The van der Waals surface area contributed by atoms with Gasteiger partial charge in [0.1, 0.15) is 0 Å². The fourth-order valence-electron chi connectivity index (χ4n) is 2.41. The van der Waals surface area contributed by atoms with Crippen LogP contribution in [-0.4, -0.2) is 20.7 Å². The van der Waals surface area contributed by atoms with Gasteiger partial charge >= 0.3 is 0 Å². The summed E-state index contributed by atoms with van der Waals surface area (Å²) in [5.74, 6) is 0.552. The molecule has 0 spiro atoms. The normalized spacial score (nSPS) is 11.2. The van der Waals surface area contributed by atoms with E-state index < -0.39 is 0 Å². The summed E-state index contributed by atoms with van der Waals surface area (Å²) >= 11 is 0. The maximum absolute atomic E-state index is 11.7. The summed E-state index contributed by atoms with van der Waals surface area (Å²) in [5.41, 5.74) is 2.93. The van der Waals surface area contributed by atoms with Crippen molar-refractivity contribution in [2.24, 2.45) is 0 Å². The number of pyridine rings is 1. The summed E-state index contributed by atoms with van der Waals surface area (Å²) in [6.07, 6.45) is 0.431. The molecule has 108 valence electrons. The Bertz CT molecular complexity index is 835. The summed E-state index contributed by atoms with van der Waals surface area (Å²) in [6.45, 7) is 6.60. The lowest BCUT2D eigenvalue weighted by Crippen LogP contribution is -2.10. The van der Waals surface area contributed by atoms with Gasteiger partial charge in [-0.15, -0.1) is 0 Å². The van der Waals surface area contributed by atoms with E-state index in [0.717, 1.165) is 21.9 Å². The van der Waals surface area contributed by atoms with Gasteiger partial charge in [0.25, 0.3) is 0 Å². The molecular formula is C16H18N4O. The molecule has 0 aliphatic heterocycles. The standard InChI is InChI=1S/C16H18N4O/c1-4-14(21)18-15-12-9-11-8-10(3)6-7-13(11)17-16(12)20(5-2)19-15/h6-9H,4-5H2,1-3H3,(H,18,19,21). The van der Waals surface area contributed by atoms with Crippen LogP contribution < -0.4 is 5.32 Å². The second-order valence-corrected chi connectivity index (χ2v) is 5.12. The lowest BCUT2D eigenvalue weighted by Gasteiger charge is -2.02. The van der Waals surface area contributed by atoms with Crippen molar-refractivity contribution in [3.8, 4) is 0 Å². The lowest BCUT2D eigenvalue weighted by atomic mass is 10.1. The minimum absolute atomic E-state index is 0.0398. The van der Waals surface area contributed by atoms with E-state index in [4.69, 9.17) is 4.98 Å². The van der Waals surface area contributed by atoms with Gasteiger partial charge in [-0.05, 0) is 32.0 Å². The fraction of sp³-hybridized carbons (Fsp3) is 0.312. The number of hydrogen-bond donors (Lipinski definition) is 1. The second kappa shape index (κ2) is 5.16. The van der Waals surface area contributed by atoms with Crippen molar-refractivity contribution in [3.05, 3.63) is 29.8 Å².